The molecule has 0 atom stereocenters. The van der Waals surface area contributed by atoms with Gasteiger partial charge in [0.1, 0.15) is 12.4 Å². The first-order valence-electron chi connectivity index (χ1n) is 6.15. The number of hydrogen-bond donors (Lipinski definition) is 1. The number of halogens is 3. The normalized spacial score (nSPS) is 10.6. The summed E-state index contributed by atoms with van der Waals surface area (Å²) in [6.45, 7) is 0.921. The van der Waals surface area contributed by atoms with Gasteiger partial charge in [0.05, 0.1) is 5.02 Å². The molecule has 0 heterocycles. The van der Waals surface area contributed by atoms with Crippen molar-refractivity contribution in [3.63, 3.8) is 0 Å². The molecule has 0 aromatic heterocycles. The van der Waals surface area contributed by atoms with Gasteiger partial charge >= 0.3 is 0 Å². The Hall–Kier alpha value is -0.930. The van der Waals surface area contributed by atoms with Crippen molar-refractivity contribution >= 4 is 34.8 Å². The summed E-state index contributed by atoms with van der Waals surface area (Å²) in [5.74, 6) is 0.636. The zero-order valence-corrected chi connectivity index (χ0v) is 13.0. The van der Waals surface area contributed by atoms with Gasteiger partial charge < -0.3 is 10.5 Å². The van der Waals surface area contributed by atoms with Gasteiger partial charge in [0.2, 0.25) is 0 Å². The van der Waals surface area contributed by atoms with Gasteiger partial charge in [0.25, 0.3) is 0 Å². The van der Waals surface area contributed by atoms with Crippen molar-refractivity contribution in [1.29, 1.82) is 0 Å². The second kappa shape index (κ2) is 7.19. The SMILES string of the molecule is NCCc1cc(Cl)cc(Cl)c1OCc1ccc(Cl)cc1. The van der Waals surface area contributed by atoms with Crippen molar-refractivity contribution in [3.8, 4) is 5.75 Å². The molecule has 0 aliphatic carbocycles. The summed E-state index contributed by atoms with van der Waals surface area (Å²) in [4.78, 5) is 0. The van der Waals surface area contributed by atoms with Gasteiger partial charge in [-0.2, -0.15) is 0 Å². The number of nitrogens with two attached hydrogens (primary N) is 1. The zero-order valence-electron chi connectivity index (χ0n) is 10.7. The smallest absolute Gasteiger partial charge is 0.141 e. The maximum absolute atomic E-state index is 6.19. The number of ether oxygens (including phenoxy) is 1. The first-order valence-corrected chi connectivity index (χ1v) is 7.29. The van der Waals surface area contributed by atoms with Crippen LogP contribution in [-0.2, 0) is 13.0 Å². The summed E-state index contributed by atoms with van der Waals surface area (Å²) in [6.07, 6.45) is 0.663. The van der Waals surface area contributed by atoms with E-state index in [1.165, 1.54) is 0 Å². The van der Waals surface area contributed by atoms with E-state index >= 15 is 0 Å². The highest BCUT2D eigenvalue weighted by molar-refractivity contribution is 6.35. The first kappa shape index (κ1) is 15.5. The van der Waals surface area contributed by atoms with E-state index in [1.54, 1.807) is 6.07 Å². The molecule has 2 rings (SSSR count). The van der Waals surface area contributed by atoms with Gasteiger partial charge in [0.15, 0.2) is 0 Å². The Morgan fingerprint density at radius 2 is 1.65 bits per heavy atom. The lowest BCUT2D eigenvalue weighted by atomic mass is 10.1. The quantitative estimate of drug-likeness (QED) is 0.860. The highest BCUT2D eigenvalue weighted by Crippen LogP contribution is 2.33. The average Bonchev–Trinajstić information content (AvgIpc) is 2.40. The van der Waals surface area contributed by atoms with E-state index in [9.17, 15) is 0 Å². The fourth-order valence-electron chi connectivity index (χ4n) is 1.85. The van der Waals surface area contributed by atoms with Crippen LogP contribution in [0.3, 0.4) is 0 Å². The molecule has 20 heavy (non-hydrogen) atoms. The maximum atomic E-state index is 6.19. The second-order valence-electron chi connectivity index (χ2n) is 4.33. The minimum atomic E-state index is 0.413. The molecule has 0 spiro atoms. The summed E-state index contributed by atoms with van der Waals surface area (Å²) >= 11 is 18.0. The van der Waals surface area contributed by atoms with Crippen molar-refractivity contribution in [2.75, 3.05) is 6.54 Å². The van der Waals surface area contributed by atoms with Crippen molar-refractivity contribution < 1.29 is 4.74 Å². The van der Waals surface area contributed by atoms with Gasteiger partial charge in [-0.05, 0) is 48.4 Å². The Morgan fingerprint density at radius 1 is 0.950 bits per heavy atom. The molecule has 0 radical (unpaired) electrons. The second-order valence-corrected chi connectivity index (χ2v) is 5.61. The maximum Gasteiger partial charge on any atom is 0.141 e. The Morgan fingerprint density at radius 3 is 2.30 bits per heavy atom. The van der Waals surface area contributed by atoms with E-state index < -0.39 is 0 Å². The average molecular weight is 331 g/mol. The molecule has 0 saturated carbocycles. The lowest BCUT2D eigenvalue weighted by molar-refractivity contribution is 0.303. The molecule has 2 N–H and O–H groups in total. The van der Waals surface area contributed by atoms with Crippen molar-refractivity contribution in [3.05, 3.63) is 62.6 Å². The molecule has 0 aliphatic heterocycles. The van der Waals surface area contributed by atoms with Gasteiger partial charge in [0, 0.05) is 10.0 Å². The first-order chi connectivity index (χ1) is 9.60. The monoisotopic (exact) mass is 329 g/mol. The molecule has 0 bridgehead atoms. The zero-order chi connectivity index (χ0) is 14.5. The van der Waals surface area contributed by atoms with Gasteiger partial charge in [-0.3, -0.25) is 0 Å². The molecular weight excluding hydrogens is 317 g/mol. The van der Waals surface area contributed by atoms with E-state index in [2.05, 4.69) is 0 Å². The Kier molecular flexibility index (Phi) is 5.55. The standard InChI is InChI=1S/C15H14Cl3NO/c16-12-3-1-10(2-4-12)9-20-15-11(5-6-19)7-13(17)8-14(15)18/h1-4,7-8H,5-6,9,19H2. The summed E-state index contributed by atoms with van der Waals surface area (Å²) in [6, 6.07) is 11.0. The van der Waals surface area contributed by atoms with Crippen molar-refractivity contribution in [2.24, 2.45) is 5.73 Å². The molecule has 106 valence electrons. The van der Waals surface area contributed by atoms with Crippen molar-refractivity contribution in [1.82, 2.24) is 0 Å². The van der Waals surface area contributed by atoms with Crippen LogP contribution in [0.2, 0.25) is 15.1 Å². The minimum absolute atomic E-state index is 0.413. The topological polar surface area (TPSA) is 35.2 Å². The minimum Gasteiger partial charge on any atom is -0.487 e. The van der Waals surface area contributed by atoms with Crippen molar-refractivity contribution in [2.45, 2.75) is 13.0 Å². The number of hydrogen-bond acceptors (Lipinski definition) is 2. The molecule has 2 nitrogen and oxygen atoms in total. The highest BCUT2D eigenvalue weighted by Gasteiger charge is 2.10. The third-order valence-electron chi connectivity index (χ3n) is 2.80. The van der Waals surface area contributed by atoms with E-state index in [4.69, 9.17) is 45.3 Å². The number of rotatable bonds is 5. The molecule has 2 aromatic carbocycles. The Balaban J connectivity index is 2.17. The molecule has 0 saturated heterocycles. The van der Waals surface area contributed by atoms with Crippen LogP contribution in [0.15, 0.2) is 36.4 Å². The summed E-state index contributed by atoms with van der Waals surface area (Å²) in [7, 11) is 0. The summed E-state index contributed by atoms with van der Waals surface area (Å²) in [5.41, 5.74) is 7.53. The summed E-state index contributed by atoms with van der Waals surface area (Å²) < 4.78 is 5.81. The van der Waals surface area contributed by atoms with E-state index in [1.807, 2.05) is 30.3 Å². The van der Waals surface area contributed by atoms with E-state index in [0.29, 0.717) is 40.4 Å². The third-order valence-corrected chi connectivity index (χ3v) is 3.55. The fraction of sp³-hybridized carbons (Fsp3) is 0.200. The van der Waals surface area contributed by atoms with Gasteiger partial charge in [-0.15, -0.1) is 0 Å². The van der Waals surface area contributed by atoms with Crippen LogP contribution in [0.4, 0.5) is 0 Å². The molecular formula is C15H14Cl3NO. The lowest BCUT2D eigenvalue weighted by Gasteiger charge is -2.13. The highest BCUT2D eigenvalue weighted by atomic mass is 35.5. The van der Waals surface area contributed by atoms with Crippen LogP contribution in [0.25, 0.3) is 0 Å². The predicted octanol–water partition coefficient (Wildman–Crippen LogP) is 4.73. The van der Waals surface area contributed by atoms with E-state index in [-0.39, 0.29) is 0 Å². The van der Waals surface area contributed by atoms with Crippen LogP contribution in [0.5, 0.6) is 5.75 Å². The predicted molar refractivity (Wildman–Crippen MR) is 85.0 cm³/mol. The largest absolute Gasteiger partial charge is 0.487 e. The summed E-state index contributed by atoms with van der Waals surface area (Å²) in [5, 5.41) is 1.77. The van der Waals surface area contributed by atoms with Crippen LogP contribution < -0.4 is 10.5 Å². The van der Waals surface area contributed by atoms with Gasteiger partial charge in [-0.1, -0.05) is 46.9 Å². The third kappa shape index (κ3) is 4.03. The van der Waals surface area contributed by atoms with Crippen LogP contribution in [-0.4, -0.2) is 6.54 Å². The van der Waals surface area contributed by atoms with Crippen LogP contribution in [0.1, 0.15) is 11.1 Å². The molecule has 0 unspecified atom stereocenters. The molecule has 5 heteroatoms. The molecule has 0 fully saturated rings. The van der Waals surface area contributed by atoms with E-state index in [0.717, 1.165) is 11.1 Å². The Bertz CT molecular complexity index is 584. The van der Waals surface area contributed by atoms with Gasteiger partial charge in [-0.25, -0.2) is 0 Å². The lowest BCUT2D eigenvalue weighted by Crippen LogP contribution is -2.06. The van der Waals surface area contributed by atoms with Crippen LogP contribution >= 0.6 is 34.8 Å². The number of benzene rings is 2. The molecule has 0 amide bonds. The Labute approximate surface area is 133 Å². The van der Waals surface area contributed by atoms with Crippen LogP contribution in [0, 0.1) is 0 Å². The molecule has 2 aromatic rings. The molecule has 0 aliphatic rings. The fourth-order valence-corrected chi connectivity index (χ4v) is 2.57.